The number of nitro groups is 1. The Bertz CT molecular complexity index is 606. The standard InChI is InChI=1S/C9H5FN2O3/c10-8-4-11-9(13)7-3-5(12(14)15)1-2-6(7)8/h1-4H,(H,11,13). The molecular weight excluding hydrogens is 203 g/mol. The molecule has 0 spiro atoms. The van der Waals surface area contributed by atoms with E-state index >= 15 is 0 Å². The monoisotopic (exact) mass is 208 g/mol. The van der Waals surface area contributed by atoms with Gasteiger partial charge in [-0.3, -0.25) is 14.9 Å². The first-order valence-electron chi connectivity index (χ1n) is 4.05. The molecule has 1 aromatic heterocycles. The Labute approximate surface area is 82.3 Å². The molecule has 0 fully saturated rings. The zero-order chi connectivity index (χ0) is 11.0. The van der Waals surface area contributed by atoms with Crippen LogP contribution in [0.1, 0.15) is 0 Å². The normalized spacial score (nSPS) is 10.5. The van der Waals surface area contributed by atoms with Gasteiger partial charge in [-0.05, 0) is 6.07 Å². The summed E-state index contributed by atoms with van der Waals surface area (Å²) in [6.45, 7) is 0. The van der Waals surface area contributed by atoms with Gasteiger partial charge in [0.2, 0.25) is 0 Å². The number of aromatic amines is 1. The minimum atomic E-state index is -0.635. The molecule has 0 bridgehead atoms. The number of H-pyrrole nitrogens is 1. The van der Waals surface area contributed by atoms with E-state index in [1.165, 1.54) is 6.07 Å². The number of pyridine rings is 1. The third-order valence-electron chi connectivity index (χ3n) is 2.05. The van der Waals surface area contributed by atoms with Crippen LogP contribution in [0.4, 0.5) is 10.1 Å². The largest absolute Gasteiger partial charge is 0.326 e. The number of rotatable bonds is 1. The quantitative estimate of drug-likeness (QED) is 0.570. The van der Waals surface area contributed by atoms with Crippen LogP contribution in [0.5, 0.6) is 0 Å². The second-order valence-electron chi connectivity index (χ2n) is 2.95. The minimum absolute atomic E-state index is 0.0239. The van der Waals surface area contributed by atoms with Crippen molar-refractivity contribution < 1.29 is 9.31 Å². The molecular formula is C9H5FN2O3. The molecule has 15 heavy (non-hydrogen) atoms. The number of non-ortho nitro benzene ring substituents is 1. The molecule has 0 aliphatic rings. The second kappa shape index (κ2) is 3.16. The van der Waals surface area contributed by atoms with Crippen molar-refractivity contribution in [1.29, 1.82) is 0 Å². The average Bonchev–Trinajstić information content (AvgIpc) is 2.23. The summed E-state index contributed by atoms with van der Waals surface area (Å²) in [7, 11) is 0. The van der Waals surface area contributed by atoms with Gasteiger partial charge in [-0.2, -0.15) is 0 Å². The van der Waals surface area contributed by atoms with E-state index in [4.69, 9.17) is 0 Å². The molecule has 1 heterocycles. The van der Waals surface area contributed by atoms with E-state index in [1.54, 1.807) is 0 Å². The highest BCUT2D eigenvalue weighted by Crippen LogP contribution is 2.19. The van der Waals surface area contributed by atoms with Crippen molar-refractivity contribution in [1.82, 2.24) is 4.98 Å². The Balaban J connectivity index is 2.87. The van der Waals surface area contributed by atoms with Gasteiger partial charge in [0.15, 0.2) is 0 Å². The predicted molar refractivity (Wildman–Crippen MR) is 51.2 cm³/mol. The van der Waals surface area contributed by atoms with Gasteiger partial charge in [0, 0.05) is 23.7 Å². The van der Waals surface area contributed by atoms with Crippen LogP contribution in [0, 0.1) is 15.9 Å². The SMILES string of the molecule is O=c1[nH]cc(F)c2ccc([N+](=O)[O-])cc12. The van der Waals surface area contributed by atoms with Crippen molar-refractivity contribution in [2.24, 2.45) is 0 Å². The number of fused-ring (bicyclic) bond motifs is 1. The molecule has 6 heteroatoms. The number of hydrogen-bond acceptors (Lipinski definition) is 3. The lowest BCUT2D eigenvalue weighted by molar-refractivity contribution is -0.384. The Morgan fingerprint density at radius 2 is 2.07 bits per heavy atom. The first-order chi connectivity index (χ1) is 7.09. The van der Waals surface area contributed by atoms with E-state index in [0.717, 1.165) is 18.3 Å². The number of hydrogen-bond donors (Lipinski definition) is 1. The number of benzene rings is 1. The summed E-state index contributed by atoms with van der Waals surface area (Å²) < 4.78 is 13.2. The Morgan fingerprint density at radius 1 is 1.33 bits per heavy atom. The van der Waals surface area contributed by atoms with Gasteiger partial charge < -0.3 is 4.98 Å². The van der Waals surface area contributed by atoms with Crippen LogP contribution in [0.2, 0.25) is 0 Å². The maximum atomic E-state index is 13.2. The molecule has 0 saturated heterocycles. The molecule has 0 atom stereocenters. The lowest BCUT2D eigenvalue weighted by atomic mass is 10.1. The number of nitro benzene ring substituents is 1. The second-order valence-corrected chi connectivity index (χ2v) is 2.95. The third kappa shape index (κ3) is 1.45. The lowest BCUT2D eigenvalue weighted by Gasteiger charge is -1.97. The Morgan fingerprint density at radius 3 is 2.73 bits per heavy atom. The topological polar surface area (TPSA) is 76.0 Å². The van der Waals surface area contributed by atoms with Gasteiger partial charge in [0.25, 0.3) is 11.2 Å². The Hall–Kier alpha value is -2.24. The van der Waals surface area contributed by atoms with E-state index in [2.05, 4.69) is 4.98 Å². The van der Waals surface area contributed by atoms with Crippen molar-refractivity contribution in [3.63, 3.8) is 0 Å². The number of nitrogens with one attached hydrogen (secondary N) is 1. The molecule has 1 N–H and O–H groups in total. The van der Waals surface area contributed by atoms with Gasteiger partial charge in [-0.1, -0.05) is 0 Å². The summed E-state index contributed by atoms with van der Waals surface area (Å²) in [5, 5.41) is 10.5. The van der Waals surface area contributed by atoms with Crippen molar-refractivity contribution in [2.45, 2.75) is 0 Å². The van der Waals surface area contributed by atoms with Crippen LogP contribution >= 0.6 is 0 Å². The van der Waals surface area contributed by atoms with Crippen molar-refractivity contribution >= 4 is 16.5 Å². The minimum Gasteiger partial charge on any atom is -0.326 e. The molecule has 0 saturated carbocycles. The van der Waals surface area contributed by atoms with Crippen molar-refractivity contribution in [2.75, 3.05) is 0 Å². The maximum absolute atomic E-state index is 13.2. The zero-order valence-corrected chi connectivity index (χ0v) is 7.36. The summed E-state index contributed by atoms with van der Waals surface area (Å²) in [5.41, 5.74) is -0.784. The maximum Gasteiger partial charge on any atom is 0.270 e. The van der Waals surface area contributed by atoms with Gasteiger partial charge in [-0.15, -0.1) is 0 Å². The fourth-order valence-corrected chi connectivity index (χ4v) is 1.33. The van der Waals surface area contributed by atoms with Crippen LogP contribution in [-0.2, 0) is 0 Å². The molecule has 0 aliphatic heterocycles. The van der Waals surface area contributed by atoms with E-state index in [0.29, 0.717) is 0 Å². The number of aromatic nitrogens is 1. The fourth-order valence-electron chi connectivity index (χ4n) is 1.33. The molecule has 2 aromatic rings. The average molecular weight is 208 g/mol. The van der Waals surface area contributed by atoms with Gasteiger partial charge in [0.1, 0.15) is 5.82 Å². The highest BCUT2D eigenvalue weighted by atomic mass is 19.1. The first-order valence-corrected chi connectivity index (χ1v) is 4.05. The summed E-state index contributed by atoms with van der Waals surface area (Å²) in [5.74, 6) is -0.612. The molecule has 0 aliphatic carbocycles. The van der Waals surface area contributed by atoms with E-state index in [-0.39, 0.29) is 16.5 Å². The molecule has 2 rings (SSSR count). The van der Waals surface area contributed by atoms with Crippen LogP contribution in [-0.4, -0.2) is 9.91 Å². The lowest BCUT2D eigenvalue weighted by Crippen LogP contribution is -2.06. The van der Waals surface area contributed by atoms with Gasteiger partial charge in [0.05, 0.1) is 10.3 Å². The van der Waals surface area contributed by atoms with Crippen LogP contribution in [0.3, 0.4) is 0 Å². The number of halogens is 1. The summed E-state index contributed by atoms with van der Waals surface area (Å²) in [6, 6.07) is 3.43. The Kier molecular flexibility index (Phi) is 1.96. The zero-order valence-electron chi connectivity index (χ0n) is 7.36. The van der Waals surface area contributed by atoms with Crippen LogP contribution < -0.4 is 5.56 Å². The predicted octanol–water partition coefficient (Wildman–Crippen LogP) is 1.58. The van der Waals surface area contributed by atoms with E-state index in [1.807, 2.05) is 0 Å². The van der Waals surface area contributed by atoms with Crippen molar-refractivity contribution in [3.05, 3.63) is 50.7 Å². The number of nitrogens with zero attached hydrogens (tertiary/aromatic N) is 1. The van der Waals surface area contributed by atoms with Crippen LogP contribution in [0.15, 0.2) is 29.2 Å². The van der Waals surface area contributed by atoms with Gasteiger partial charge in [-0.25, -0.2) is 4.39 Å². The highest BCUT2D eigenvalue weighted by molar-refractivity contribution is 5.84. The summed E-state index contributed by atoms with van der Waals surface area (Å²) >= 11 is 0. The molecule has 76 valence electrons. The van der Waals surface area contributed by atoms with Gasteiger partial charge >= 0.3 is 0 Å². The molecule has 0 unspecified atom stereocenters. The third-order valence-corrected chi connectivity index (χ3v) is 2.05. The molecule has 0 radical (unpaired) electrons. The first kappa shape index (κ1) is 9.32. The molecule has 5 nitrogen and oxygen atoms in total. The highest BCUT2D eigenvalue weighted by Gasteiger charge is 2.10. The fraction of sp³-hybridized carbons (Fsp3) is 0. The summed E-state index contributed by atoms with van der Waals surface area (Å²) in [4.78, 5) is 23.2. The van der Waals surface area contributed by atoms with E-state index < -0.39 is 16.3 Å². The molecule has 0 amide bonds. The van der Waals surface area contributed by atoms with Crippen LogP contribution in [0.25, 0.3) is 10.8 Å². The molecule has 1 aromatic carbocycles. The van der Waals surface area contributed by atoms with E-state index in [9.17, 15) is 19.3 Å². The summed E-state index contributed by atoms with van der Waals surface area (Å²) in [6.07, 6.45) is 0.927. The smallest absolute Gasteiger partial charge is 0.270 e. The van der Waals surface area contributed by atoms with Crippen molar-refractivity contribution in [3.8, 4) is 0 Å².